The normalized spacial score (nSPS) is 15.7. The third-order valence-corrected chi connectivity index (χ3v) is 7.10. The van der Waals surface area contributed by atoms with Crippen molar-refractivity contribution in [3.63, 3.8) is 0 Å². The molecule has 198 valence electrons. The van der Waals surface area contributed by atoms with Gasteiger partial charge in [0.05, 0.1) is 22.9 Å². The number of rotatable bonds is 7. The molecule has 0 spiro atoms. The number of fused-ring (bicyclic) bond motifs is 1. The Morgan fingerprint density at radius 3 is 2.51 bits per heavy atom. The van der Waals surface area contributed by atoms with Crippen LogP contribution in [0.4, 0.5) is 13.2 Å². The summed E-state index contributed by atoms with van der Waals surface area (Å²) in [6.45, 7) is 0. The number of nitrogens with one attached hydrogen (secondary N) is 1. The average Bonchev–Trinajstić information content (AvgIpc) is 3.85. The summed E-state index contributed by atoms with van der Waals surface area (Å²) < 4.78 is 46.7. The fraction of sp³-hybridized carbons (Fsp3) is 0.321. The second kappa shape index (κ2) is 8.89. The minimum absolute atomic E-state index is 0.186. The lowest BCUT2D eigenvalue weighted by Gasteiger charge is -2.12. The van der Waals surface area contributed by atoms with Crippen LogP contribution in [0.2, 0.25) is 0 Å². The molecule has 4 aromatic heterocycles. The Labute approximate surface area is 221 Å². The quantitative estimate of drug-likeness (QED) is 0.283. The van der Waals surface area contributed by atoms with E-state index in [4.69, 9.17) is 9.72 Å². The van der Waals surface area contributed by atoms with Gasteiger partial charge in [-0.25, -0.2) is 24.9 Å². The molecule has 2 fully saturated rings. The lowest BCUT2D eigenvalue weighted by Crippen LogP contribution is -2.06. The van der Waals surface area contributed by atoms with Crippen molar-refractivity contribution in [3.8, 4) is 28.7 Å². The van der Waals surface area contributed by atoms with Crippen molar-refractivity contribution in [1.29, 1.82) is 0 Å². The number of benzene rings is 1. The fourth-order valence-corrected chi connectivity index (χ4v) is 4.78. The van der Waals surface area contributed by atoms with E-state index in [0.29, 0.717) is 29.6 Å². The molecule has 5 aromatic rings. The van der Waals surface area contributed by atoms with Gasteiger partial charge in [0.15, 0.2) is 11.5 Å². The van der Waals surface area contributed by atoms with E-state index < -0.39 is 11.9 Å². The molecule has 1 N–H and O–H groups in total. The van der Waals surface area contributed by atoms with Crippen molar-refractivity contribution in [2.24, 2.45) is 7.05 Å². The van der Waals surface area contributed by atoms with Crippen LogP contribution in [0.25, 0.3) is 33.8 Å². The van der Waals surface area contributed by atoms with Crippen molar-refractivity contribution in [3.05, 3.63) is 71.7 Å². The lowest BCUT2D eigenvalue weighted by molar-refractivity contribution is -0.140. The Bertz CT molecular complexity index is 1680. The summed E-state index contributed by atoms with van der Waals surface area (Å²) in [5.74, 6) is 1.73. The van der Waals surface area contributed by atoms with Crippen LogP contribution in [0.15, 0.2) is 49.2 Å². The first-order chi connectivity index (χ1) is 18.8. The first-order valence-corrected chi connectivity index (χ1v) is 12.9. The van der Waals surface area contributed by atoms with E-state index >= 15 is 0 Å². The smallest absolute Gasteiger partial charge is 0.434 e. The van der Waals surface area contributed by atoms with Crippen LogP contribution in [0.1, 0.15) is 54.1 Å². The van der Waals surface area contributed by atoms with Gasteiger partial charge in [-0.05, 0) is 31.2 Å². The maximum absolute atomic E-state index is 13.1. The maximum Gasteiger partial charge on any atom is 0.434 e. The van der Waals surface area contributed by atoms with Gasteiger partial charge in [0.1, 0.15) is 23.8 Å². The number of ether oxygens (including phenoxy) is 1. The van der Waals surface area contributed by atoms with E-state index in [0.717, 1.165) is 65.3 Å². The van der Waals surface area contributed by atoms with E-state index in [1.54, 1.807) is 31.7 Å². The molecule has 11 heteroatoms. The standard InChI is InChI=1S/C28H24F3N7O/c1-38-13-21(28(29,30)31)36-26(38)17-4-2-15(3-5-17)10-18-11-32-20-12-33-25(37-23(18)20)22-24(16-6-7-16)34-14-35-27(22)39-19-8-9-19/h2-5,11-14,16,19,32H,6-10H2,1H3. The molecular weight excluding hydrogens is 507 g/mol. The number of aromatic amines is 1. The molecule has 2 aliphatic carbocycles. The molecule has 1 aromatic carbocycles. The fourth-order valence-electron chi connectivity index (χ4n) is 4.78. The zero-order valence-electron chi connectivity index (χ0n) is 21.0. The summed E-state index contributed by atoms with van der Waals surface area (Å²) in [5.41, 5.74) is 5.00. The summed E-state index contributed by atoms with van der Waals surface area (Å²) in [4.78, 5) is 25.6. The Balaban J connectivity index is 1.20. The molecule has 0 amide bonds. The van der Waals surface area contributed by atoms with Crippen molar-refractivity contribution in [1.82, 2.24) is 34.5 Å². The number of halogens is 3. The van der Waals surface area contributed by atoms with Crippen LogP contribution in [0, 0.1) is 0 Å². The first kappa shape index (κ1) is 23.8. The number of hydrogen-bond acceptors (Lipinski definition) is 6. The number of H-pyrrole nitrogens is 1. The molecule has 0 atom stereocenters. The Morgan fingerprint density at radius 1 is 1.03 bits per heavy atom. The highest BCUT2D eigenvalue weighted by Gasteiger charge is 2.35. The maximum atomic E-state index is 13.1. The summed E-state index contributed by atoms with van der Waals surface area (Å²) >= 11 is 0. The van der Waals surface area contributed by atoms with Gasteiger partial charge in [0.2, 0.25) is 5.88 Å². The van der Waals surface area contributed by atoms with Crippen molar-refractivity contribution >= 4 is 11.0 Å². The molecule has 2 aliphatic rings. The van der Waals surface area contributed by atoms with Gasteiger partial charge in [-0.15, -0.1) is 0 Å². The largest absolute Gasteiger partial charge is 0.474 e. The molecule has 0 aliphatic heterocycles. The highest BCUT2D eigenvalue weighted by atomic mass is 19.4. The van der Waals surface area contributed by atoms with Crippen LogP contribution in [0.5, 0.6) is 5.88 Å². The molecule has 0 saturated heterocycles. The zero-order valence-corrected chi connectivity index (χ0v) is 21.0. The van der Waals surface area contributed by atoms with Gasteiger partial charge < -0.3 is 14.3 Å². The van der Waals surface area contributed by atoms with Crippen LogP contribution in [-0.4, -0.2) is 40.6 Å². The van der Waals surface area contributed by atoms with Crippen LogP contribution in [-0.2, 0) is 19.6 Å². The Kier molecular flexibility index (Phi) is 5.43. The van der Waals surface area contributed by atoms with Gasteiger partial charge >= 0.3 is 6.18 Å². The lowest BCUT2D eigenvalue weighted by atomic mass is 10.0. The zero-order chi connectivity index (χ0) is 26.7. The number of aryl methyl sites for hydroxylation is 1. The third kappa shape index (κ3) is 4.62. The Morgan fingerprint density at radius 2 is 1.82 bits per heavy atom. The summed E-state index contributed by atoms with van der Waals surface area (Å²) in [5, 5.41) is 0. The third-order valence-electron chi connectivity index (χ3n) is 7.10. The molecule has 0 radical (unpaired) electrons. The van der Waals surface area contributed by atoms with E-state index in [2.05, 4.69) is 24.9 Å². The predicted octanol–water partition coefficient (Wildman–Crippen LogP) is 5.84. The van der Waals surface area contributed by atoms with Crippen molar-refractivity contribution in [2.75, 3.05) is 0 Å². The van der Waals surface area contributed by atoms with Gasteiger partial charge in [-0.2, -0.15) is 13.2 Å². The highest BCUT2D eigenvalue weighted by molar-refractivity contribution is 5.81. The Hall–Kier alpha value is -4.28. The van der Waals surface area contributed by atoms with Gasteiger partial charge in [0.25, 0.3) is 0 Å². The molecule has 39 heavy (non-hydrogen) atoms. The number of aromatic nitrogens is 7. The molecule has 7 rings (SSSR count). The van der Waals surface area contributed by atoms with Gasteiger partial charge in [0, 0.05) is 42.9 Å². The molecule has 4 heterocycles. The number of hydrogen-bond donors (Lipinski definition) is 1. The van der Waals surface area contributed by atoms with Gasteiger partial charge in [-0.3, -0.25) is 0 Å². The number of alkyl halides is 3. The predicted molar refractivity (Wildman–Crippen MR) is 137 cm³/mol. The van der Waals surface area contributed by atoms with Crippen molar-refractivity contribution in [2.45, 2.75) is 50.3 Å². The van der Waals surface area contributed by atoms with Crippen LogP contribution < -0.4 is 4.74 Å². The van der Waals surface area contributed by atoms with Crippen LogP contribution >= 0.6 is 0 Å². The van der Waals surface area contributed by atoms with E-state index in [9.17, 15) is 13.2 Å². The molecule has 0 bridgehead atoms. The SMILES string of the molecule is Cn1cc(C(F)(F)F)nc1-c1ccc(Cc2c[nH]c3cnc(-c4c(OC5CC5)ncnc4C4CC4)nc23)cc1. The summed E-state index contributed by atoms with van der Waals surface area (Å²) in [7, 11) is 1.56. The van der Waals surface area contributed by atoms with E-state index in [1.165, 1.54) is 4.57 Å². The first-order valence-electron chi connectivity index (χ1n) is 12.9. The number of nitrogens with zero attached hydrogens (tertiary/aromatic N) is 6. The second-order valence-electron chi connectivity index (χ2n) is 10.2. The highest BCUT2D eigenvalue weighted by Crippen LogP contribution is 2.45. The van der Waals surface area contributed by atoms with E-state index in [-0.39, 0.29) is 11.9 Å². The topological polar surface area (TPSA) is 94.4 Å². The molecule has 0 unspecified atom stereocenters. The minimum Gasteiger partial charge on any atom is -0.474 e. The number of imidazole rings is 1. The van der Waals surface area contributed by atoms with E-state index in [1.807, 2.05) is 18.3 Å². The molecule has 8 nitrogen and oxygen atoms in total. The molecule has 2 saturated carbocycles. The average molecular weight is 532 g/mol. The van der Waals surface area contributed by atoms with Gasteiger partial charge in [-0.1, -0.05) is 24.3 Å². The summed E-state index contributed by atoms with van der Waals surface area (Å²) in [6.07, 6.45) is 6.73. The monoisotopic (exact) mass is 531 g/mol. The van der Waals surface area contributed by atoms with Crippen molar-refractivity contribution < 1.29 is 17.9 Å². The van der Waals surface area contributed by atoms with Crippen LogP contribution in [0.3, 0.4) is 0 Å². The second-order valence-corrected chi connectivity index (χ2v) is 10.2. The summed E-state index contributed by atoms with van der Waals surface area (Å²) in [6, 6.07) is 7.38. The minimum atomic E-state index is -4.48. The molecular formula is C28H24F3N7O.